The van der Waals surface area contributed by atoms with Gasteiger partial charge in [0.2, 0.25) is 0 Å². The normalized spacial score (nSPS) is 10.7. The Hall–Kier alpha value is -3.48. The molecule has 0 saturated carbocycles. The third kappa shape index (κ3) is 5.90. The predicted molar refractivity (Wildman–Crippen MR) is 134 cm³/mol. The van der Waals surface area contributed by atoms with E-state index in [4.69, 9.17) is 32.7 Å². The highest BCUT2D eigenvalue weighted by Crippen LogP contribution is 2.23. The molecule has 0 aliphatic carbocycles. The average Bonchev–Trinajstić information content (AvgIpc) is 3.18. The number of anilines is 1. The van der Waals surface area contributed by atoms with Gasteiger partial charge in [0.1, 0.15) is 18.1 Å². The highest BCUT2D eigenvalue weighted by atomic mass is 35.5. The van der Waals surface area contributed by atoms with Gasteiger partial charge in [0.05, 0.1) is 13.7 Å². The largest absolute Gasteiger partial charge is 0.497 e. The predicted octanol–water partition coefficient (Wildman–Crippen LogP) is 6.39. The van der Waals surface area contributed by atoms with Crippen molar-refractivity contribution < 1.29 is 14.3 Å². The maximum absolute atomic E-state index is 12.7. The van der Waals surface area contributed by atoms with Crippen LogP contribution < -0.4 is 14.8 Å². The summed E-state index contributed by atoms with van der Waals surface area (Å²) in [6.07, 6.45) is 0. The number of carbonyl (C=O) groups is 1. The van der Waals surface area contributed by atoms with Crippen molar-refractivity contribution in [2.45, 2.75) is 20.1 Å². The minimum atomic E-state index is -0.239. The van der Waals surface area contributed by atoms with Crippen molar-refractivity contribution in [2.75, 3.05) is 12.4 Å². The summed E-state index contributed by atoms with van der Waals surface area (Å²) < 4.78 is 12.7. The number of hydrogen-bond donors (Lipinski definition) is 1. The maximum atomic E-state index is 12.7. The molecular weight excluding hydrogens is 473 g/mol. The molecule has 8 heteroatoms. The number of aryl methyl sites for hydroxylation is 1. The summed E-state index contributed by atoms with van der Waals surface area (Å²) in [7, 11) is 1.62. The molecule has 0 aliphatic heterocycles. The molecule has 1 aromatic heterocycles. The first kappa shape index (κ1) is 23.7. The molecule has 4 aromatic rings. The Balaban J connectivity index is 1.35. The van der Waals surface area contributed by atoms with Gasteiger partial charge in [-0.15, -0.1) is 0 Å². The molecule has 0 atom stereocenters. The molecule has 1 N–H and O–H groups in total. The second-order valence-corrected chi connectivity index (χ2v) is 8.52. The van der Waals surface area contributed by atoms with Crippen LogP contribution in [0, 0.1) is 6.92 Å². The fourth-order valence-electron chi connectivity index (χ4n) is 3.32. The number of nitrogens with one attached hydrogen (secondary N) is 1. The smallest absolute Gasteiger partial charge is 0.256 e. The van der Waals surface area contributed by atoms with Gasteiger partial charge in [-0.3, -0.25) is 9.48 Å². The van der Waals surface area contributed by atoms with Crippen molar-refractivity contribution in [1.29, 1.82) is 0 Å². The number of carbonyl (C=O) groups excluding carboxylic acids is 1. The Labute approximate surface area is 208 Å². The fraction of sp³-hybridized carbons (Fsp3) is 0.154. The highest BCUT2D eigenvalue weighted by Gasteiger charge is 2.12. The lowest BCUT2D eigenvalue weighted by Gasteiger charge is -2.08. The van der Waals surface area contributed by atoms with Crippen LogP contribution in [0.4, 0.5) is 5.82 Å². The van der Waals surface area contributed by atoms with E-state index < -0.39 is 0 Å². The number of ether oxygens (including phenoxy) is 2. The second-order valence-electron chi connectivity index (χ2n) is 7.68. The molecule has 34 heavy (non-hydrogen) atoms. The number of aromatic nitrogens is 2. The van der Waals surface area contributed by atoms with E-state index in [1.165, 1.54) is 0 Å². The van der Waals surface area contributed by atoms with Crippen LogP contribution in [0.5, 0.6) is 11.5 Å². The molecule has 3 aromatic carbocycles. The van der Waals surface area contributed by atoms with Crippen molar-refractivity contribution in [3.63, 3.8) is 0 Å². The van der Waals surface area contributed by atoms with Crippen molar-refractivity contribution in [3.05, 3.63) is 105 Å². The molecule has 0 unspecified atom stereocenters. The summed E-state index contributed by atoms with van der Waals surface area (Å²) >= 11 is 12.2. The molecule has 4 rings (SSSR count). The van der Waals surface area contributed by atoms with Gasteiger partial charge < -0.3 is 14.8 Å². The van der Waals surface area contributed by atoms with Crippen LogP contribution in [0.3, 0.4) is 0 Å². The van der Waals surface area contributed by atoms with Crippen molar-refractivity contribution in [3.8, 4) is 11.5 Å². The van der Waals surface area contributed by atoms with Crippen LogP contribution in [0.2, 0.25) is 10.0 Å². The molecule has 0 radical (unpaired) electrons. The Morgan fingerprint density at radius 1 is 0.971 bits per heavy atom. The number of methoxy groups -OCH3 is 1. The van der Waals surface area contributed by atoms with Crippen LogP contribution in [0.25, 0.3) is 0 Å². The lowest BCUT2D eigenvalue weighted by Crippen LogP contribution is -2.13. The minimum absolute atomic E-state index is 0.239. The van der Waals surface area contributed by atoms with Crippen molar-refractivity contribution in [2.24, 2.45) is 0 Å². The van der Waals surface area contributed by atoms with E-state index in [1.54, 1.807) is 36.1 Å². The molecular formula is C26H23Cl2N3O3. The molecule has 1 heterocycles. The SMILES string of the molecule is COc1ccc(OCc2ccc(C(=O)Nc3cc(C)n(Cc4ccc(Cl)cc4Cl)n3)cc2)cc1. The minimum Gasteiger partial charge on any atom is -0.497 e. The molecule has 1 amide bonds. The van der Waals surface area contributed by atoms with Gasteiger partial charge >= 0.3 is 0 Å². The number of rotatable bonds is 8. The molecule has 0 fully saturated rings. The van der Waals surface area contributed by atoms with Gasteiger partial charge in [-0.05, 0) is 66.6 Å². The van der Waals surface area contributed by atoms with Crippen LogP contribution in [0.15, 0.2) is 72.8 Å². The van der Waals surface area contributed by atoms with E-state index in [2.05, 4.69) is 10.4 Å². The first-order valence-corrected chi connectivity index (χ1v) is 11.3. The van der Waals surface area contributed by atoms with E-state index in [-0.39, 0.29) is 5.91 Å². The Morgan fingerprint density at radius 3 is 2.35 bits per heavy atom. The Kier molecular flexibility index (Phi) is 7.40. The zero-order valence-corrected chi connectivity index (χ0v) is 20.2. The van der Waals surface area contributed by atoms with Gasteiger partial charge in [0.15, 0.2) is 5.82 Å². The summed E-state index contributed by atoms with van der Waals surface area (Å²) in [5, 5.41) is 8.49. The second kappa shape index (κ2) is 10.6. The number of halogens is 2. The maximum Gasteiger partial charge on any atom is 0.256 e. The van der Waals surface area contributed by atoms with E-state index in [0.717, 1.165) is 28.3 Å². The van der Waals surface area contributed by atoms with E-state index in [1.807, 2.05) is 55.5 Å². The third-order valence-electron chi connectivity index (χ3n) is 5.24. The zero-order chi connectivity index (χ0) is 24.1. The molecule has 0 spiro atoms. The van der Waals surface area contributed by atoms with Crippen LogP contribution in [-0.4, -0.2) is 22.8 Å². The number of nitrogens with zero attached hydrogens (tertiary/aromatic N) is 2. The topological polar surface area (TPSA) is 65.4 Å². The van der Waals surface area contributed by atoms with Crippen molar-refractivity contribution in [1.82, 2.24) is 9.78 Å². The Bertz CT molecular complexity index is 1290. The van der Waals surface area contributed by atoms with Gasteiger partial charge in [-0.2, -0.15) is 5.10 Å². The summed E-state index contributed by atoms with van der Waals surface area (Å²) in [5.74, 6) is 1.75. The van der Waals surface area contributed by atoms with Crippen LogP contribution in [0.1, 0.15) is 27.2 Å². The highest BCUT2D eigenvalue weighted by molar-refractivity contribution is 6.35. The first-order chi connectivity index (χ1) is 16.4. The number of amides is 1. The monoisotopic (exact) mass is 495 g/mol. The van der Waals surface area contributed by atoms with Gasteiger partial charge in [0.25, 0.3) is 5.91 Å². The third-order valence-corrected chi connectivity index (χ3v) is 5.83. The summed E-state index contributed by atoms with van der Waals surface area (Å²) in [5.41, 5.74) is 3.27. The van der Waals surface area contributed by atoms with E-state index >= 15 is 0 Å². The number of benzene rings is 3. The molecule has 174 valence electrons. The van der Waals surface area contributed by atoms with Gasteiger partial charge in [-0.25, -0.2) is 0 Å². The quantitative estimate of drug-likeness (QED) is 0.307. The van der Waals surface area contributed by atoms with Crippen molar-refractivity contribution >= 4 is 34.9 Å². The molecule has 0 saturated heterocycles. The molecule has 6 nitrogen and oxygen atoms in total. The Morgan fingerprint density at radius 2 is 1.68 bits per heavy atom. The lowest BCUT2D eigenvalue weighted by molar-refractivity contribution is 0.102. The van der Waals surface area contributed by atoms with Crippen LogP contribution >= 0.6 is 23.2 Å². The standard InChI is InChI=1S/C26H23Cl2N3O3/c1-17-13-25(30-31(17)15-20-7-8-21(27)14-24(20)28)29-26(32)19-5-3-18(4-6-19)16-34-23-11-9-22(33-2)10-12-23/h3-14H,15-16H2,1-2H3,(H,29,30,32). The van der Waals surface area contributed by atoms with Crippen LogP contribution in [-0.2, 0) is 13.2 Å². The average molecular weight is 496 g/mol. The first-order valence-electron chi connectivity index (χ1n) is 10.6. The fourth-order valence-corrected chi connectivity index (χ4v) is 3.79. The molecule has 0 bridgehead atoms. The van der Waals surface area contributed by atoms with Gasteiger partial charge in [-0.1, -0.05) is 41.4 Å². The summed E-state index contributed by atoms with van der Waals surface area (Å²) in [4.78, 5) is 12.7. The zero-order valence-electron chi connectivity index (χ0n) is 18.7. The van der Waals surface area contributed by atoms with E-state index in [9.17, 15) is 4.79 Å². The number of hydrogen-bond acceptors (Lipinski definition) is 4. The van der Waals surface area contributed by atoms with Gasteiger partial charge in [0, 0.05) is 27.4 Å². The summed E-state index contributed by atoms with van der Waals surface area (Å²) in [6, 6.07) is 21.8. The molecule has 0 aliphatic rings. The van der Waals surface area contributed by atoms with E-state index in [0.29, 0.717) is 34.6 Å². The lowest BCUT2D eigenvalue weighted by atomic mass is 10.1. The summed E-state index contributed by atoms with van der Waals surface area (Å²) in [6.45, 7) is 2.79.